The number of hydrogen-bond donors (Lipinski definition) is 1. The van der Waals surface area contributed by atoms with Gasteiger partial charge in [0.1, 0.15) is 6.04 Å². The topological polar surface area (TPSA) is 67.9 Å². The van der Waals surface area contributed by atoms with E-state index in [1.807, 2.05) is 71.0 Å². The Kier molecular flexibility index (Phi) is 12.2. The van der Waals surface area contributed by atoms with Crippen molar-refractivity contribution in [1.29, 1.82) is 0 Å². The molecule has 0 aliphatic carbocycles. The van der Waals surface area contributed by atoms with Crippen molar-refractivity contribution in [2.45, 2.75) is 78.8 Å². The van der Waals surface area contributed by atoms with Crippen molar-refractivity contribution in [3.8, 4) is 11.5 Å². The molecular weight excluding hydrogens is 440 g/mol. The Bertz CT molecular complexity index is 916. The van der Waals surface area contributed by atoms with Crippen LogP contribution in [0, 0.1) is 0 Å². The molecular formula is C29H42N2O4. The van der Waals surface area contributed by atoms with Crippen molar-refractivity contribution in [3.05, 3.63) is 59.7 Å². The van der Waals surface area contributed by atoms with E-state index in [1.54, 1.807) is 4.90 Å². The minimum atomic E-state index is -0.487. The van der Waals surface area contributed by atoms with Gasteiger partial charge in [-0.3, -0.25) is 9.59 Å². The molecule has 1 N–H and O–H groups in total. The summed E-state index contributed by atoms with van der Waals surface area (Å²) in [6.07, 6.45) is 3.01. The molecule has 0 bridgehead atoms. The van der Waals surface area contributed by atoms with Gasteiger partial charge >= 0.3 is 0 Å². The number of nitrogens with one attached hydrogen (secondary N) is 1. The lowest BCUT2D eigenvalue weighted by Crippen LogP contribution is -2.51. The zero-order valence-corrected chi connectivity index (χ0v) is 22.0. The van der Waals surface area contributed by atoms with Crippen molar-refractivity contribution in [1.82, 2.24) is 10.2 Å². The normalized spacial score (nSPS) is 12.5. The van der Waals surface area contributed by atoms with Gasteiger partial charge in [-0.1, -0.05) is 50.2 Å². The fraction of sp³-hybridized carbons (Fsp3) is 0.517. The summed E-state index contributed by atoms with van der Waals surface area (Å²) >= 11 is 0. The van der Waals surface area contributed by atoms with Crippen LogP contribution in [0.5, 0.6) is 11.5 Å². The summed E-state index contributed by atoms with van der Waals surface area (Å²) in [7, 11) is 0. The van der Waals surface area contributed by atoms with E-state index in [1.165, 1.54) is 0 Å². The number of carbonyl (C=O) groups excluding carboxylic acids is 2. The van der Waals surface area contributed by atoms with Crippen molar-refractivity contribution in [2.75, 3.05) is 19.8 Å². The number of benzene rings is 2. The number of carbonyl (C=O) groups is 2. The summed E-state index contributed by atoms with van der Waals surface area (Å²) in [6, 6.07) is 15.5. The Morgan fingerprint density at radius 2 is 1.54 bits per heavy atom. The van der Waals surface area contributed by atoms with Crippen molar-refractivity contribution >= 4 is 11.8 Å². The van der Waals surface area contributed by atoms with Crippen LogP contribution in [0.25, 0.3) is 0 Å². The summed E-state index contributed by atoms with van der Waals surface area (Å²) in [5, 5.41) is 3.06. The van der Waals surface area contributed by atoms with Crippen LogP contribution in [-0.4, -0.2) is 48.6 Å². The molecule has 0 radical (unpaired) electrons. The van der Waals surface area contributed by atoms with E-state index in [-0.39, 0.29) is 17.9 Å². The molecule has 192 valence electrons. The van der Waals surface area contributed by atoms with Gasteiger partial charge < -0.3 is 19.7 Å². The molecule has 0 saturated heterocycles. The average molecular weight is 483 g/mol. The Morgan fingerprint density at radius 3 is 2.17 bits per heavy atom. The zero-order chi connectivity index (χ0) is 25.6. The van der Waals surface area contributed by atoms with Crippen LogP contribution in [0.2, 0.25) is 0 Å². The second-order valence-corrected chi connectivity index (χ2v) is 8.71. The average Bonchev–Trinajstić information content (AvgIpc) is 2.87. The van der Waals surface area contributed by atoms with Gasteiger partial charge in [0, 0.05) is 19.0 Å². The maximum absolute atomic E-state index is 13.5. The van der Waals surface area contributed by atoms with Gasteiger partial charge in [-0.15, -0.1) is 0 Å². The molecule has 0 spiro atoms. The molecule has 35 heavy (non-hydrogen) atoms. The molecule has 2 aromatic carbocycles. The highest BCUT2D eigenvalue weighted by Crippen LogP contribution is 2.29. The largest absolute Gasteiger partial charge is 0.490 e. The Morgan fingerprint density at radius 1 is 0.857 bits per heavy atom. The van der Waals surface area contributed by atoms with Crippen molar-refractivity contribution in [2.24, 2.45) is 0 Å². The van der Waals surface area contributed by atoms with E-state index in [2.05, 4.69) is 17.4 Å². The molecule has 0 unspecified atom stereocenters. The van der Waals surface area contributed by atoms with E-state index in [0.29, 0.717) is 56.9 Å². The Labute approximate surface area is 211 Å². The van der Waals surface area contributed by atoms with Gasteiger partial charge in [-0.2, -0.15) is 0 Å². The quantitative estimate of drug-likeness (QED) is 0.380. The van der Waals surface area contributed by atoms with E-state index in [4.69, 9.17) is 9.47 Å². The monoisotopic (exact) mass is 482 g/mol. The number of amides is 2. The molecule has 2 aromatic rings. The standard InChI is InChI=1S/C29H42N2O4/c1-6-22(5)30-29(33)25(7-2)31(20-19-23-13-11-10-12-14-23)28(32)18-16-24-15-17-26(34-8-3)27(21-24)35-9-4/h10-15,17,21-22,25H,6-9,16,18-20H2,1-5H3,(H,30,33)/t22-,25+/m0/s1. The number of rotatable bonds is 15. The first kappa shape index (κ1) is 28.2. The highest BCUT2D eigenvalue weighted by atomic mass is 16.5. The molecule has 0 aliphatic rings. The first-order valence-electron chi connectivity index (χ1n) is 13.0. The highest BCUT2D eigenvalue weighted by molar-refractivity contribution is 5.88. The molecule has 0 aromatic heterocycles. The zero-order valence-electron chi connectivity index (χ0n) is 22.0. The predicted octanol–water partition coefficient (Wildman–Crippen LogP) is 5.18. The SMILES string of the molecule is CCOc1ccc(CCC(=O)N(CCc2ccccc2)[C@H](CC)C(=O)N[C@@H](C)CC)cc1OCC. The van der Waals surface area contributed by atoms with Crippen LogP contribution in [0.3, 0.4) is 0 Å². The van der Waals surface area contributed by atoms with Gasteiger partial charge in [0.05, 0.1) is 13.2 Å². The molecule has 0 fully saturated rings. The second-order valence-electron chi connectivity index (χ2n) is 8.71. The van der Waals surface area contributed by atoms with Crippen LogP contribution < -0.4 is 14.8 Å². The summed E-state index contributed by atoms with van der Waals surface area (Å²) in [5.41, 5.74) is 2.15. The number of nitrogens with zero attached hydrogens (tertiary/aromatic N) is 1. The maximum Gasteiger partial charge on any atom is 0.243 e. The lowest BCUT2D eigenvalue weighted by atomic mass is 10.0. The Hall–Kier alpha value is -3.02. The van der Waals surface area contributed by atoms with E-state index in [9.17, 15) is 9.59 Å². The molecule has 6 heteroatoms. The summed E-state index contributed by atoms with van der Waals surface area (Å²) in [4.78, 5) is 28.3. The summed E-state index contributed by atoms with van der Waals surface area (Å²) in [6.45, 7) is 11.5. The Balaban J connectivity index is 2.17. The van der Waals surface area contributed by atoms with E-state index >= 15 is 0 Å². The fourth-order valence-corrected chi connectivity index (χ4v) is 3.98. The van der Waals surface area contributed by atoms with Crippen molar-refractivity contribution < 1.29 is 19.1 Å². The minimum Gasteiger partial charge on any atom is -0.490 e. The van der Waals surface area contributed by atoms with Crippen LogP contribution in [0.1, 0.15) is 65.0 Å². The molecule has 2 rings (SSSR count). The lowest BCUT2D eigenvalue weighted by molar-refractivity contribution is -0.141. The fourth-order valence-electron chi connectivity index (χ4n) is 3.98. The minimum absolute atomic E-state index is 0.0149. The summed E-state index contributed by atoms with van der Waals surface area (Å²) < 4.78 is 11.4. The first-order valence-corrected chi connectivity index (χ1v) is 13.0. The molecule has 0 heterocycles. The predicted molar refractivity (Wildman–Crippen MR) is 141 cm³/mol. The van der Waals surface area contributed by atoms with Gasteiger partial charge in [0.2, 0.25) is 11.8 Å². The number of ether oxygens (including phenoxy) is 2. The molecule has 2 amide bonds. The third-order valence-electron chi connectivity index (χ3n) is 6.11. The smallest absolute Gasteiger partial charge is 0.243 e. The molecule has 0 saturated carbocycles. The van der Waals surface area contributed by atoms with Crippen LogP contribution in [-0.2, 0) is 22.4 Å². The van der Waals surface area contributed by atoms with Gasteiger partial charge in [-0.05, 0) is 69.7 Å². The molecule has 2 atom stereocenters. The van der Waals surface area contributed by atoms with E-state index in [0.717, 1.165) is 17.5 Å². The summed E-state index contributed by atoms with van der Waals surface area (Å²) in [5.74, 6) is 1.31. The van der Waals surface area contributed by atoms with Gasteiger partial charge in [0.15, 0.2) is 11.5 Å². The van der Waals surface area contributed by atoms with Gasteiger partial charge in [0.25, 0.3) is 0 Å². The van der Waals surface area contributed by atoms with Crippen LogP contribution in [0.15, 0.2) is 48.5 Å². The maximum atomic E-state index is 13.5. The third kappa shape index (κ3) is 8.93. The number of aryl methyl sites for hydroxylation is 1. The lowest BCUT2D eigenvalue weighted by Gasteiger charge is -2.31. The highest BCUT2D eigenvalue weighted by Gasteiger charge is 2.28. The second kappa shape index (κ2) is 15.1. The van der Waals surface area contributed by atoms with Crippen molar-refractivity contribution in [3.63, 3.8) is 0 Å². The molecule has 6 nitrogen and oxygen atoms in total. The van der Waals surface area contributed by atoms with Crippen LogP contribution in [0.4, 0.5) is 0 Å². The van der Waals surface area contributed by atoms with Gasteiger partial charge in [-0.25, -0.2) is 0 Å². The van der Waals surface area contributed by atoms with E-state index < -0.39 is 6.04 Å². The van der Waals surface area contributed by atoms with Crippen LogP contribution >= 0.6 is 0 Å². The number of hydrogen-bond acceptors (Lipinski definition) is 4. The first-order chi connectivity index (χ1) is 16.9. The third-order valence-corrected chi connectivity index (χ3v) is 6.11. The molecule has 0 aliphatic heterocycles.